The van der Waals surface area contributed by atoms with Crippen molar-refractivity contribution in [1.82, 2.24) is 8.38 Å². The Kier molecular flexibility index (Phi) is 10.3. The Hall–Kier alpha value is 0.210. The SMILES string of the molecule is CSC(C)=NOC(=O)N(C)SN(C(C)C)P(C)(=S)OC(C)C. The average molecular weight is 388 g/mol. The van der Waals surface area contributed by atoms with Crippen molar-refractivity contribution in [1.29, 1.82) is 0 Å². The number of carbonyl (C=O) groups is 1. The number of amides is 1. The van der Waals surface area contributed by atoms with E-state index in [2.05, 4.69) is 5.16 Å². The second-order valence-corrected chi connectivity index (χ2v) is 11.8. The fourth-order valence-corrected chi connectivity index (χ4v) is 6.07. The molecule has 0 spiro atoms. The van der Waals surface area contributed by atoms with Crippen LogP contribution in [-0.2, 0) is 21.2 Å². The van der Waals surface area contributed by atoms with Crippen LogP contribution in [0, 0.1) is 0 Å². The van der Waals surface area contributed by atoms with E-state index in [9.17, 15) is 4.79 Å². The summed E-state index contributed by atoms with van der Waals surface area (Å²) in [6.45, 7) is 11.6. The molecule has 0 aromatic heterocycles. The Balaban J connectivity index is 4.89. The van der Waals surface area contributed by atoms with Gasteiger partial charge in [0.05, 0.1) is 18.2 Å². The van der Waals surface area contributed by atoms with E-state index in [-0.39, 0.29) is 12.1 Å². The molecule has 0 aromatic carbocycles. The molecule has 1 amide bonds. The minimum atomic E-state index is -2.21. The third-order valence-electron chi connectivity index (χ3n) is 2.22. The van der Waals surface area contributed by atoms with Crippen LogP contribution in [0.4, 0.5) is 4.79 Å². The summed E-state index contributed by atoms with van der Waals surface area (Å²) in [5.41, 5.74) is 0. The van der Waals surface area contributed by atoms with Gasteiger partial charge in [0, 0.05) is 19.8 Å². The summed E-state index contributed by atoms with van der Waals surface area (Å²) in [5, 5.41) is 4.41. The first-order valence-electron chi connectivity index (χ1n) is 6.78. The van der Waals surface area contributed by atoms with E-state index in [1.807, 2.05) is 44.7 Å². The van der Waals surface area contributed by atoms with Crippen LogP contribution in [0.25, 0.3) is 0 Å². The van der Waals surface area contributed by atoms with Crippen LogP contribution >= 0.6 is 30.3 Å². The van der Waals surface area contributed by atoms with Gasteiger partial charge in [0.15, 0.2) is 0 Å². The van der Waals surface area contributed by atoms with Crippen LogP contribution in [0.3, 0.4) is 0 Å². The molecule has 1 atom stereocenters. The van der Waals surface area contributed by atoms with Crippen molar-refractivity contribution in [3.05, 3.63) is 0 Å². The molecule has 0 aliphatic heterocycles. The highest BCUT2D eigenvalue weighted by atomic mass is 32.5. The van der Waals surface area contributed by atoms with Gasteiger partial charge in [-0.05, 0) is 52.7 Å². The van der Waals surface area contributed by atoms with Gasteiger partial charge in [-0.1, -0.05) is 5.16 Å². The summed E-state index contributed by atoms with van der Waals surface area (Å²) in [5.74, 6) is 0. The molecule has 0 bridgehead atoms. The van der Waals surface area contributed by atoms with Gasteiger partial charge in [0.25, 0.3) is 0 Å². The number of hydrogen-bond donors (Lipinski definition) is 0. The second kappa shape index (κ2) is 10.2. The van der Waals surface area contributed by atoms with E-state index in [1.54, 1.807) is 14.0 Å². The second-order valence-electron chi connectivity index (χ2n) is 5.10. The number of thioether (sulfide) groups is 1. The topological polar surface area (TPSA) is 54.4 Å². The first kappa shape index (κ1) is 22.2. The van der Waals surface area contributed by atoms with Gasteiger partial charge in [-0.15, -0.1) is 11.8 Å². The molecule has 22 heavy (non-hydrogen) atoms. The highest BCUT2D eigenvalue weighted by molar-refractivity contribution is 8.16. The highest BCUT2D eigenvalue weighted by Crippen LogP contribution is 2.54. The molecule has 0 rings (SSSR count). The maximum absolute atomic E-state index is 11.9. The molecule has 0 fully saturated rings. The zero-order valence-electron chi connectivity index (χ0n) is 14.4. The zero-order chi connectivity index (χ0) is 17.5. The van der Waals surface area contributed by atoms with E-state index >= 15 is 0 Å². The van der Waals surface area contributed by atoms with Crippen molar-refractivity contribution in [3.8, 4) is 0 Å². The molecule has 0 N–H and O–H groups in total. The van der Waals surface area contributed by atoms with E-state index < -0.39 is 12.5 Å². The number of nitrogens with zero attached hydrogens (tertiary/aromatic N) is 3. The normalized spacial score (nSPS) is 15.3. The van der Waals surface area contributed by atoms with Gasteiger partial charge in [-0.25, -0.2) is 9.10 Å². The van der Waals surface area contributed by atoms with Crippen molar-refractivity contribution in [2.45, 2.75) is 46.8 Å². The Morgan fingerprint density at radius 3 is 2.27 bits per heavy atom. The molecule has 0 aromatic rings. The lowest BCUT2D eigenvalue weighted by atomic mass is 10.4. The summed E-state index contributed by atoms with van der Waals surface area (Å²) in [6, 6.07) is 0.117. The molecule has 0 saturated heterocycles. The lowest BCUT2D eigenvalue weighted by molar-refractivity contribution is 0.136. The van der Waals surface area contributed by atoms with E-state index in [0.29, 0.717) is 5.04 Å². The molecular weight excluding hydrogens is 361 g/mol. The van der Waals surface area contributed by atoms with Crippen molar-refractivity contribution in [2.75, 3.05) is 20.0 Å². The minimum Gasteiger partial charge on any atom is -0.335 e. The number of hydrogen-bond acceptors (Lipinski definition) is 7. The molecule has 0 aliphatic rings. The fourth-order valence-electron chi connectivity index (χ4n) is 1.37. The predicted molar refractivity (Wildman–Crippen MR) is 102 cm³/mol. The Morgan fingerprint density at radius 1 is 1.32 bits per heavy atom. The average Bonchev–Trinajstić information content (AvgIpc) is 2.39. The molecule has 0 aliphatic carbocycles. The molecule has 1 unspecified atom stereocenters. The fraction of sp³-hybridized carbons (Fsp3) is 0.833. The third kappa shape index (κ3) is 8.17. The van der Waals surface area contributed by atoms with Crippen LogP contribution < -0.4 is 0 Å². The Morgan fingerprint density at radius 2 is 1.86 bits per heavy atom. The van der Waals surface area contributed by atoms with Crippen molar-refractivity contribution < 1.29 is 14.2 Å². The van der Waals surface area contributed by atoms with Crippen LogP contribution in [-0.4, -0.2) is 51.6 Å². The van der Waals surface area contributed by atoms with Gasteiger partial charge in [0.2, 0.25) is 0 Å². The maximum Gasteiger partial charge on any atom is 0.446 e. The van der Waals surface area contributed by atoms with Crippen LogP contribution in [0.5, 0.6) is 0 Å². The molecule has 10 heteroatoms. The summed E-state index contributed by atoms with van der Waals surface area (Å²) in [4.78, 5) is 16.8. The van der Waals surface area contributed by atoms with Crippen molar-refractivity contribution in [3.63, 3.8) is 0 Å². The van der Waals surface area contributed by atoms with Crippen LogP contribution in [0.2, 0.25) is 0 Å². The minimum absolute atomic E-state index is 0.0313. The van der Waals surface area contributed by atoms with Gasteiger partial charge < -0.3 is 4.52 Å². The monoisotopic (exact) mass is 387 g/mol. The zero-order valence-corrected chi connectivity index (χ0v) is 17.7. The predicted octanol–water partition coefficient (Wildman–Crippen LogP) is 4.39. The quantitative estimate of drug-likeness (QED) is 0.160. The van der Waals surface area contributed by atoms with Gasteiger partial charge in [0.1, 0.15) is 11.5 Å². The van der Waals surface area contributed by atoms with Crippen LogP contribution in [0.1, 0.15) is 34.6 Å². The number of carbonyl (C=O) groups excluding carboxylic acids is 1. The summed E-state index contributed by atoms with van der Waals surface area (Å²) < 4.78 is 9.18. The number of oxime groups is 1. The standard InChI is InChI=1S/C12H26N3O3PS3/c1-9(2)15(19(7,20)18-10(3)4)22-14(6)12(16)17-13-11(5)21-8/h9-10H,1-8H3. The summed E-state index contributed by atoms with van der Waals surface area (Å²) in [7, 11) is 1.62. The lowest BCUT2D eigenvalue weighted by Gasteiger charge is -2.36. The lowest BCUT2D eigenvalue weighted by Crippen LogP contribution is -2.30. The maximum atomic E-state index is 11.9. The molecule has 130 valence electrons. The first-order valence-corrected chi connectivity index (χ1v) is 11.9. The smallest absolute Gasteiger partial charge is 0.335 e. The van der Waals surface area contributed by atoms with Crippen molar-refractivity contribution in [2.24, 2.45) is 5.16 Å². The van der Waals surface area contributed by atoms with E-state index in [1.165, 1.54) is 28.2 Å². The molecular formula is C12H26N3O3PS3. The summed E-state index contributed by atoms with van der Waals surface area (Å²) in [6.07, 6.45) is -0.870. The summed E-state index contributed by atoms with van der Waals surface area (Å²) >= 11 is 8.25. The Labute approximate surface area is 147 Å². The molecule has 0 saturated carbocycles. The largest absolute Gasteiger partial charge is 0.446 e. The first-order chi connectivity index (χ1) is 10.0. The van der Waals surface area contributed by atoms with Crippen LogP contribution in [0.15, 0.2) is 5.16 Å². The molecule has 0 heterocycles. The molecule has 6 nitrogen and oxygen atoms in total. The number of rotatable bonds is 7. The van der Waals surface area contributed by atoms with Gasteiger partial charge >= 0.3 is 6.09 Å². The third-order valence-corrected chi connectivity index (χ3v) is 8.11. The Bertz CT molecular complexity index is 447. The van der Waals surface area contributed by atoms with Gasteiger partial charge in [-0.3, -0.25) is 4.84 Å². The van der Waals surface area contributed by atoms with E-state index in [4.69, 9.17) is 21.2 Å². The molecule has 0 radical (unpaired) electrons. The van der Waals surface area contributed by atoms with E-state index in [0.717, 1.165) is 0 Å². The van der Waals surface area contributed by atoms with Crippen molar-refractivity contribution >= 4 is 53.3 Å². The highest BCUT2D eigenvalue weighted by Gasteiger charge is 2.29. The van der Waals surface area contributed by atoms with Gasteiger partial charge in [-0.2, -0.15) is 4.08 Å².